The Morgan fingerprint density at radius 1 is 0.627 bits per heavy atom. The Bertz CT molecular complexity index is 2500. The molecule has 6 rings (SSSR count). The largest absolute Gasteiger partial charge is 0.512 e. The number of rotatable bonds is 5. The normalized spacial score (nSPS) is 16.8. The van der Waals surface area contributed by atoms with Crippen LogP contribution in [0, 0.1) is 5.92 Å². The first-order valence-corrected chi connectivity index (χ1v) is 19.6. The van der Waals surface area contributed by atoms with Gasteiger partial charge in [-0.25, -0.2) is 0 Å². The summed E-state index contributed by atoms with van der Waals surface area (Å²) >= 11 is 0. The van der Waals surface area contributed by atoms with E-state index in [0.29, 0.717) is 16.9 Å². The quantitative estimate of drug-likeness (QED) is 0.145. The molecule has 0 aliphatic heterocycles. The summed E-state index contributed by atoms with van der Waals surface area (Å²) in [5.74, 6) is -1.58. The monoisotopic (exact) mass is 756 g/mol. The lowest BCUT2D eigenvalue weighted by molar-refractivity contribution is 0.316. The first kappa shape index (κ1) is 36.1. The van der Waals surface area contributed by atoms with Crippen LogP contribution in [0.5, 0.6) is 17.2 Å². The molecule has 2 aliphatic rings. The van der Waals surface area contributed by atoms with Crippen molar-refractivity contribution >= 4 is 30.4 Å². The summed E-state index contributed by atoms with van der Waals surface area (Å²) in [7, 11) is -13.0. The molecule has 0 fully saturated rings. The maximum absolute atomic E-state index is 12.4. The highest BCUT2D eigenvalue weighted by Gasteiger charge is 2.31. The van der Waals surface area contributed by atoms with Crippen LogP contribution in [0.2, 0.25) is 0 Å². The highest BCUT2D eigenvalue weighted by atomic mass is 32.2. The average molecular weight is 757 g/mol. The van der Waals surface area contributed by atoms with Gasteiger partial charge in [-0.1, -0.05) is 24.3 Å². The van der Waals surface area contributed by atoms with Crippen LogP contribution >= 0.6 is 0 Å². The molecule has 1 atom stereocenters. The van der Waals surface area contributed by atoms with E-state index in [9.17, 15) is 54.2 Å². The van der Waals surface area contributed by atoms with E-state index < -0.39 is 56.7 Å². The molecule has 4 aromatic rings. The van der Waals surface area contributed by atoms with Gasteiger partial charge in [0.2, 0.25) is 0 Å². The molecule has 8 bridgehead atoms. The van der Waals surface area contributed by atoms with E-state index in [4.69, 9.17) is 4.74 Å². The van der Waals surface area contributed by atoms with Crippen molar-refractivity contribution in [2.24, 2.45) is 5.92 Å². The molecule has 0 amide bonds. The van der Waals surface area contributed by atoms with Gasteiger partial charge in [0.25, 0.3) is 30.4 Å². The molecule has 4 aromatic carbocycles. The summed E-state index contributed by atoms with van der Waals surface area (Å²) in [6.45, 7) is 0. The molecule has 268 valence electrons. The lowest BCUT2D eigenvalue weighted by Gasteiger charge is -2.25. The average Bonchev–Trinajstić information content (AvgIpc) is 3.04. The summed E-state index contributed by atoms with van der Waals surface area (Å²) < 4.78 is 110. The number of methoxy groups -OCH3 is 1. The number of fused-ring (bicyclic) bond motifs is 7. The van der Waals surface area contributed by atoms with E-state index in [0.717, 1.165) is 30.3 Å². The number of hydrogen-bond acceptors (Lipinski definition) is 10. The number of ether oxygens (including phenoxy) is 1. The first-order chi connectivity index (χ1) is 23.8. The summed E-state index contributed by atoms with van der Waals surface area (Å²) in [4.78, 5) is -1.56. The van der Waals surface area contributed by atoms with Gasteiger partial charge in [-0.05, 0) is 100 Å². The Balaban J connectivity index is 1.67. The number of phenols is 2. The molecule has 0 aromatic heterocycles. The number of aliphatic hydroxyl groups is 1. The van der Waals surface area contributed by atoms with E-state index in [-0.39, 0.29) is 82.6 Å². The third kappa shape index (κ3) is 7.51. The number of allylic oxidation sites excluding steroid dienone is 4. The third-order valence-electron chi connectivity index (χ3n) is 9.02. The van der Waals surface area contributed by atoms with Crippen LogP contribution in [-0.2, 0) is 56.0 Å². The maximum atomic E-state index is 12.4. The van der Waals surface area contributed by atoms with Crippen LogP contribution in [-0.4, -0.2) is 61.3 Å². The highest BCUT2D eigenvalue weighted by Crippen LogP contribution is 2.41. The second-order valence-corrected chi connectivity index (χ2v) is 16.8. The lowest BCUT2D eigenvalue weighted by atomic mass is 9.84. The molecule has 13 nitrogen and oxygen atoms in total. The molecule has 0 saturated heterocycles. The number of para-hydroxylation sites is 1. The minimum atomic E-state index is -4.84. The van der Waals surface area contributed by atoms with Crippen molar-refractivity contribution in [1.82, 2.24) is 0 Å². The first-order valence-electron chi connectivity index (χ1n) is 15.3. The van der Waals surface area contributed by atoms with Crippen LogP contribution in [0.25, 0.3) is 11.1 Å². The fourth-order valence-corrected chi connectivity index (χ4v) is 8.53. The standard InChI is InChI=1S/C35H32O13S3/c1-48-32-5-3-2-4-31(32)21-11-24-13-26-17-29(50(42,43)44)15-22(33(26)36)7-19-6-20(10-28(9-19)49(39,40)41)8-23-16-30(51(45,46)47)18-27(34(23)37)14-25(12-21)35(24)38/h2-6,9-12,15,17-18,23,36-38H,7-8,13-14,16H2,1H3,(H,39,40,41)(H,42,43,44)(H,45,46,47). The van der Waals surface area contributed by atoms with E-state index >= 15 is 0 Å². The second-order valence-electron chi connectivity index (χ2n) is 12.5. The number of hydrogen-bond donors (Lipinski definition) is 6. The molecule has 0 heterocycles. The summed E-state index contributed by atoms with van der Waals surface area (Å²) in [5.41, 5.74) is 1.72. The van der Waals surface area contributed by atoms with Crippen molar-refractivity contribution < 1.29 is 59.0 Å². The topological polar surface area (TPSA) is 233 Å². The van der Waals surface area contributed by atoms with Crippen molar-refractivity contribution in [2.45, 2.75) is 41.9 Å². The second kappa shape index (κ2) is 13.1. The molecular formula is C35H32O13S3. The van der Waals surface area contributed by atoms with Crippen molar-refractivity contribution in [2.75, 3.05) is 7.11 Å². The van der Waals surface area contributed by atoms with Crippen molar-refractivity contribution in [1.29, 1.82) is 0 Å². The van der Waals surface area contributed by atoms with Gasteiger partial charge in [0.15, 0.2) is 0 Å². The van der Waals surface area contributed by atoms with Gasteiger partial charge in [0.05, 0.1) is 27.6 Å². The van der Waals surface area contributed by atoms with Crippen molar-refractivity contribution in [3.8, 4) is 28.4 Å². The molecule has 1 unspecified atom stereocenters. The zero-order chi connectivity index (χ0) is 37.0. The van der Waals surface area contributed by atoms with Gasteiger partial charge < -0.3 is 20.1 Å². The third-order valence-corrected chi connectivity index (χ3v) is 11.6. The minimum absolute atomic E-state index is 0.0223. The predicted molar refractivity (Wildman–Crippen MR) is 185 cm³/mol. The number of benzene rings is 4. The molecule has 51 heavy (non-hydrogen) atoms. The van der Waals surface area contributed by atoms with E-state index in [2.05, 4.69) is 0 Å². The molecule has 16 heteroatoms. The number of aromatic hydroxyl groups is 2. The molecule has 0 spiro atoms. The maximum Gasteiger partial charge on any atom is 0.294 e. The van der Waals surface area contributed by atoms with Crippen LogP contribution in [0.3, 0.4) is 0 Å². The van der Waals surface area contributed by atoms with Gasteiger partial charge in [-0.15, -0.1) is 0 Å². The van der Waals surface area contributed by atoms with Gasteiger partial charge >= 0.3 is 0 Å². The van der Waals surface area contributed by atoms with Crippen LogP contribution in [0.4, 0.5) is 0 Å². The van der Waals surface area contributed by atoms with Crippen LogP contribution in [0.15, 0.2) is 98.8 Å². The SMILES string of the molecule is COc1ccccc1-c1cc2c(O)c(c1)Cc1cc(S(=O)(=O)O)cc(c1O)Cc1cc(cc(S(=O)(=O)O)c1)CC1CC(S(=O)(=O)O)=CC(=C1O)C2. The summed E-state index contributed by atoms with van der Waals surface area (Å²) in [5, 5.41) is 34.7. The smallest absolute Gasteiger partial charge is 0.294 e. The van der Waals surface area contributed by atoms with Gasteiger partial charge in [0.1, 0.15) is 17.2 Å². The molecule has 6 N–H and O–H groups in total. The van der Waals surface area contributed by atoms with Gasteiger partial charge in [0, 0.05) is 36.3 Å². The highest BCUT2D eigenvalue weighted by molar-refractivity contribution is 7.89. The van der Waals surface area contributed by atoms with E-state index in [1.807, 2.05) is 0 Å². The Kier molecular flexibility index (Phi) is 9.28. The summed E-state index contributed by atoms with van der Waals surface area (Å²) in [6.07, 6.45) is -0.363. The molecular weight excluding hydrogens is 725 g/mol. The minimum Gasteiger partial charge on any atom is -0.512 e. The zero-order valence-electron chi connectivity index (χ0n) is 26.8. The molecule has 2 aliphatic carbocycles. The molecule has 0 saturated carbocycles. The fourth-order valence-electron chi connectivity index (χ4n) is 6.65. The summed E-state index contributed by atoms with van der Waals surface area (Å²) in [6, 6.07) is 15.9. The van der Waals surface area contributed by atoms with Crippen LogP contribution < -0.4 is 4.74 Å². The van der Waals surface area contributed by atoms with Crippen molar-refractivity contribution in [3.63, 3.8) is 0 Å². The number of aliphatic hydroxyl groups excluding tert-OH is 1. The Hall–Kier alpha value is -4.71. The van der Waals surface area contributed by atoms with E-state index in [1.165, 1.54) is 13.2 Å². The Morgan fingerprint density at radius 3 is 1.78 bits per heavy atom. The Morgan fingerprint density at radius 2 is 1.18 bits per heavy atom. The van der Waals surface area contributed by atoms with E-state index in [1.54, 1.807) is 36.4 Å². The fraction of sp³-hybridized carbons (Fsp3) is 0.200. The Labute approximate surface area is 294 Å². The molecule has 0 radical (unpaired) electrons. The lowest BCUT2D eigenvalue weighted by Crippen LogP contribution is -2.20. The van der Waals surface area contributed by atoms with Gasteiger partial charge in [-0.2, -0.15) is 25.3 Å². The van der Waals surface area contributed by atoms with Gasteiger partial charge in [-0.3, -0.25) is 13.7 Å². The van der Waals surface area contributed by atoms with Crippen molar-refractivity contribution in [3.05, 3.63) is 122 Å². The predicted octanol–water partition coefficient (Wildman–Crippen LogP) is 5.15. The van der Waals surface area contributed by atoms with Crippen LogP contribution in [0.1, 0.15) is 39.8 Å². The number of phenolic OH excluding ortho intramolecular Hbond substituents is 2. The zero-order valence-corrected chi connectivity index (χ0v) is 29.3.